The molecule has 0 radical (unpaired) electrons. The van der Waals surface area contributed by atoms with Crippen LogP contribution in [0.3, 0.4) is 0 Å². The summed E-state index contributed by atoms with van der Waals surface area (Å²) < 4.78 is 0. The maximum atomic E-state index is 11.8. The van der Waals surface area contributed by atoms with Crippen LogP contribution in [0.2, 0.25) is 0 Å². The summed E-state index contributed by atoms with van der Waals surface area (Å²) in [6.07, 6.45) is 5.71. The molecule has 2 heterocycles. The molecular weight excluding hydrogens is 276 g/mol. The van der Waals surface area contributed by atoms with E-state index >= 15 is 0 Å². The minimum absolute atomic E-state index is 0.105. The summed E-state index contributed by atoms with van der Waals surface area (Å²) in [5, 5.41) is 4.12. The van der Waals surface area contributed by atoms with Gasteiger partial charge in [0.15, 0.2) is 0 Å². The van der Waals surface area contributed by atoms with Crippen molar-refractivity contribution in [3.05, 3.63) is 30.0 Å². The Hall–Kier alpha value is -2.01. The molecule has 0 aliphatic carbocycles. The van der Waals surface area contributed by atoms with Gasteiger partial charge < -0.3 is 20.1 Å². The highest BCUT2D eigenvalue weighted by atomic mass is 16.2. The van der Waals surface area contributed by atoms with Crippen molar-refractivity contribution in [2.75, 3.05) is 33.0 Å². The van der Waals surface area contributed by atoms with Crippen molar-refractivity contribution in [2.24, 2.45) is 0 Å². The van der Waals surface area contributed by atoms with Crippen LogP contribution in [0.15, 0.2) is 24.4 Å². The minimum Gasteiger partial charge on any atom is -0.361 e. The van der Waals surface area contributed by atoms with Crippen molar-refractivity contribution in [3.8, 4) is 0 Å². The van der Waals surface area contributed by atoms with E-state index in [0.29, 0.717) is 6.04 Å². The Labute approximate surface area is 131 Å². The second-order valence-electron chi connectivity index (χ2n) is 6.38. The monoisotopic (exact) mass is 300 g/mol. The number of urea groups is 1. The third kappa shape index (κ3) is 2.95. The van der Waals surface area contributed by atoms with Gasteiger partial charge in [-0.15, -0.1) is 0 Å². The Morgan fingerprint density at radius 3 is 2.95 bits per heavy atom. The van der Waals surface area contributed by atoms with Gasteiger partial charge in [-0.25, -0.2) is 4.79 Å². The summed E-state index contributed by atoms with van der Waals surface area (Å²) in [4.78, 5) is 19.1. The van der Waals surface area contributed by atoms with E-state index in [4.69, 9.17) is 0 Å². The first-order chi connectivity index (χ1) is 10.5. The van der Waals surface area contributed by atoms with Gasteiger partial charge in [-0.1, -0.05) is 0 Å². The molecule has 0 saturated carbocycles. The molecule has 3 rings (SSSR count). The number of H-pyrrole nitrogens is 1. The van der Waals surface area contributed by atoms with E-state index in [1.54, 1.807) is 14.1 Å². The number of nitrogens with one attached hydrogen (secondary N) is 2. The molecule has 2 N–H and O–H groups in total. The molecule has 1 saturated heterocycles. The standard InChI is InChI=1S/C17H24N4O/c1-20(2)17(22)19-13-6-7-16-15(10-13)12(11-18-16)9-14-5-4-8-21(14)3/h6-7,10-11,14,18H,4-5,8-9H2,1-3H3,(H,19,22)/t14-/m1/s1. The lowest BCUT2D eigenvalue weighted by Crippen LogP contribution is -2.27. The number of likely N-dealkylation sites (N-methyl/N-ethyl adjacent to an activating group) is 1. The number of likely N-dealkylation sites (tertiary alicyclic amines) is 1. The van der Waals surface area contributed by atoms with Gasteiger partial charge in [0, 0.05) is 42.9 Å². The van der Waals surface area contributed by atoms with E-state index in [0.717, 1.165) is 17.6 Å². The van der Waals surface area contributed by atoms with Gasteiger partial charge >= 0.3 is 6.03 Å². The normalized spacial score (nSPS) is 18.8. The molecule has 0 bridgehead atoms. The van der Waals surface area contributed by atoms with E-state index in [1.165, 1.54) is 35.2 Å². The number of carbonyl (C=O) groups excluding carboxylic acids is 1. The van der Waals surface area contributed by atoms with E-state index in [9.17, 15) is 4.79 Å². The Balaban J connectivity index is 1.83. The van der Waals surface area contributed by atoms with Crippen LogP contribution < -0.4 is 5.32 Å². The number of rotatable bonds is 3. The Morgan fingerprint density at radius 2 is 2.27 bits per heavy atom. The molecule has 1 fully saturated rings. The maximum absolute atomic E-state index is 11.8. The molecule has 22 heavy (non-hydrogen) atoms. The third-order valence-corrected chi connectivity index (χ3v) is 4.55. The first-order valence-corrected chi connectivity index (χ1v) is 7.83. The highest BCUT2D eigenvalue weighted by Gasteiger charge is 2.22. The molecule has 1 aliphatic heterocycles. The topological polar surface area (TPSA) is 51.4 Å². The van der Waals surface area contributed by atoms with Gasteiger partial charge in [0.1, 0.15) is 0 Å². The number of hydrogen-bond acceptors (Lipinski definition) is 2. The van der Waals surface area contributed by atoms with Crippen molar-refractivity contribution in [1.82, 2.24) is 14.8 Å². The quantitative estimate of drug-likeness (QED) is 0.916. The van der Waals surface area contributed by atoms with Gasteiger partial charge in [0.05, 0.1) is 0 Å². The molecule has 0 spiro atoms. The molecule has 1 aromatic heterocycles. The van der Waals surface area contributed by atoms with Gasteiger partial charge in [-0.05, 0) is 56.6 Å². The molecule has 1 aromatic carbocycles. The SMILES string of the molecule is CN(C)C(=O)Nc1ccc2[nH]cc(C[C@H]3CCCN3C)c2c1. The van der Waals surface area contributed by atoms with Crippen LogP contribution in [0.1, 0.15) is 18.4 Å². The number of carbonyl (C=O) groups is 1. The summed E-state index contributed by atoms with van der Waals surface area (Å²) in [5.41, 5.74) is 3.29. The number of amides is 2. The van der Waals surface area contributed by atoms with Gasteiger partial charge in [-0.2, -0.15) is 0 Å². The molecule has 1 atom stereocenters. The predicted molar refractivity (Wildman–Crippen MR) is 90.4 cm³/mol. The fourth-order valence-electron chi connectivity index (χ4n) is 3.15. The lowest BCUT2D eigenvalue weighted by atomic mass is 10.0. The predicted octanol–water partition coefficient (Wildman–Crippen LogP) is 2.90. The van der Waals surface area contributed by atoms with Crippen molar-refractivity contribution in [2.45, 2.75) is 25.3 Å². The van der Waals surface area contributed by atoms with Gasteiger partial charge in [-0.3, -0.25) is 0 Å². The molecule has 1 aliphatic rings. The molecule has 5 heteroatoms. The molecule has 118 valence electrons. The molecule has 2 amide bonds. The lowest BCUT2D eigenvalue weighted by Gasteiger charge is -2.19. The highest BCUT2D eigenvalue weighted by Crippen LogP contribution is 2.26. The first-order valence-electron chi connectivity index (χ1n) is 7.83. The number of benzene rings is 1. The third-order valence-electron chi connectivity index (χ3n) is 4.55. The summed E-state index contributed by atoms with van der Waals surface area (Å²) >= 11 is 0. The zero-order valence-corrected chi connectivity index (χ0v) is 13.5. The average molecular weight is 300 g/mol. The molecule has 2 aromatic rings. The summed E-state index contributed by atoms with van der Waals surface area (Å²) in [6.45, 7) is 1.19. The van der Waals surface area contributed by atoms with Crippen LogP contribution in [-0.2, 0) is 6.42 Å². The van der Waals surface area contributed by atoms with Crippen LogP contribution in [-0.4, -0.2) is 54.5 Å². The van der Waals surface area contributed by atoms with E-state index in [1.807, 2.05) is 12.1 Å². The number of aromatic nitrogens is 1. The van der Waals surface area contributed by atoms with E-state index in [2.05, 4.69) is 34.5 Å². The number of fused-ring (bicyclic) bond motifs is 1. The van der Waals surface area contributed by atoms with Crippen LogP contribution >= 0.6 is 0 Å². The molecule has 5 nitrogen and oxygen atoms in total. The van der Waals surface area contributed by atoms with E-state index < -0.39 is 0 Å². The number of aromatic amines is 1. The van der Waals surface area contributed by atoms with Crippen molar-refractivity contribution in [3.63, 3.8) is 0 Å². The average Bonchev–Trinajstić information content (AvgIpc) is 3.07. The van der Waals surface area contributed by atoms with Crippen molar-refractivity contribution >= 4 is 22.6 Å². The van der Waals surface area contributed by atoms with Crippen LogP contribution in [0.4, 0.5) is 10.5 Å². The van der Waals surface area contributed by atoms with Gasteiger partial charge in [0.25, 0.3) is 0 Å². The Kier molecular flexibility index (Phi) is 4.07. The van der Waals surface area contributed by atoms with Crippen LogP contribution in [0.25, 0.3) is 10.9 Å². The summed E-state index contributed by atoms with van der Waals surface area (Å²) in [5.74, 6) is 0. The Morgan fingerprint density at radius 1 is 1.45 bits per heavy atom. The smallest absolute Gasteiger partial charge is 0.321 e. The van der Waals surface area contributed by atoms with Crippen molar-refractivity contribution in [1.29, 1.82) is 0 Å². The fourth-order valence-corrected chi connectivity index (χ4v) is 3.15. The summed E-state index contributed by atoms with van der Waals surface area (Å²) in [6, 6.07) is 6.55. The maximum Gasteiger partial charge on any atom is 0.321 e. The largest absolute Gasteiger partial charge is 0.361 e. The molecule has 0 unspecified atom stereocenters. The number of nitrogens with zero attached hydrogens (tertiary/aromatic N) is 2. The second kappa shape index (κ2) is 6.01. The first kappa shape index (κ1) is 14.9. The second-order valence-corrected chi connectivity index (χ2v) is 6.38. The van der Waals surface area contributed by atoms with E-state index in [-0.39, 0.29) is 6.03 Å². The number of anilines is 1. The fraction of sp³-hybridized carbons (Fsp3) is 0.471. The zero-order chi connectivity index (χ0) is 15.7. The van der Waals surface area contributed by atoms with Gasteiger partial charge in [0.2, 0.25) is 0 Å². The lowest BCUT2D eigenvalue weighted by molar-refractivity contribution is 0.230. The zero-order valence-electron chi connectivity index (χ0n) is 13.5. The highest BCUT2D eigenvalue weighted by molar-refractivity contribution is 5.93. The minimum atomic E-state index is -0.105. The number of hydrogen-bond donors (Lipinski definition) is 2. The van der Waals surface area contributed by atoms with Crippen molar-refractivity contribution < 1.29 is 4.79 Å². The van der Waals surface area contributed by atoms with Crippen LogP contribution in [0.5, 0.6) is 0 Å². The summed E-state index contributed by atoms with van der Waals surface area (Å²) in [7, 11) is 5.69. The van der Waals surface area contributed by atoms with Crippen LogP contribution in [0, 0.1) is 0 Å². The molecular formula is C17H24N4O. The Bertz CT molecular complexity index is 676.